The van der Waals surface area contributed by atoms with Crippen molar-refractivity contribution in [2.75, 3.05) is 6.54 Å². The van der Waals surface area contributed by atoms with Crippen LogP contribution in [-0.4, -0.2) is 29.2 Å². The molecule has 1 aliphatic heterocycles. The summed E-state index contributed by atoms with van der Waals surface area (Å²) >= 11 is 0. The molecule has 1 nitrogen and oxygen atoms in total. The normalized spacial score (nSPS) is 28.5. The summed E-state index contributed by atoms with van der Waals surface area (Å²) in [6.45, 7) is 12.2. The fraction of sp³-hybridized carbons (Fsp3) is 1.00. The van der Waals surface area contributed by atoms with Crippen LogP contribution < -0.4 is 0 Å². The van der Waals surface area contributed by atoms with Gasteiger partial charge in [-0.1, -0.05) is 20.8 Å². The first-order chi connectivity index (χ1) is 7.83. The molecule has 0 radical (unpaired) electrons. The maximum atomic E-state index is 13.2. The minimum Gasteiger partial charge on any atom is -0.287 e. The van der Waals surface area contributed by atoms with Crippen LogP contribution in [0.5, 0.6) is 0 Å². The zero-order chi connectivity index (χ0) is 14.4. The molecule has 2 atom stereocenters. The van der Waals surface area contributed by atoms with Gasteiger partial charge in [0.1, 0.15) is 6.04 Å². The van der Waals surface area contributed by atoms with Crippen LogP contribution in [0.2, 0.25) is 0 Å². The summed E-state index contributed by atoms with van der Waals surface area (Å²) in [5, 5.41) is 0. The van der Waals surface area contributed by atoms with Crippen molar-refractivity contribution in [2.45, 2.75) is 72.1 Å². The van der Waals surface area contributed by atoms with Crippen LogP contribution in [0.3, 0.4) is 0 Å². The summed E-state index contributed by atoms with van der Waals surface area (Å²) in [7, 11) is 0. The summed E-state index contributed by atoms with van der Waals surface area (Å²) in [6.07, 6.45) is -3.05. The molecule has 0 aliphatic carbocycles. The van der Waals surface area contributed by atoms with E-state index in [9.17, 15) is 13.2 Å². The van der Waals surface area contributed by atoms with Crippen LogP contribution in [0.25, 0.3) is 0 Å². The topological polar surface area (TPSA) is 3.24 Å². The average Bonchev–Trinajstić information content (AvgIpc) is 2.12. The van der Waals surface area contributed by atoms with Gasteiger partial charge in [0.15, 0.2) is 0 Å². The predicted molar refractivity (Wildman–Crippen MR) is 68.5 cm³/mol. The van der Waals surface area contributed by atoms with Gasteiger partial charge in [0, 0.05) is 5.54 Å². The molecule has 1 rings (SSSR count). The van der Waals surface area contributed by atoms with Gasteiger partial charge < -0.3 is 0 Å². The number of piperidine rings is 1. The molecule has 0 aromatic carbocycles. The first kappa shape index (κ1) is 15.8. The Balaban J connectivity index is 2.94. The highest BCUT2D eigenvalue weighted by Crippen LogP contribution is 2.43. The summed E-state index contributed by atoms with van der Waals surface area (Å²) in [5.74, 6) is 0.141. The largest absolute Gasteiger partial charge is 0.404 e. The Kier molecular flexibility index (Phi) is 4.12. The molecular weight excluding hydrogens is 239 g/mol. The zero-order valence-corrected chi connectivity index (χ0v) is 12.4. The molecule has 1 aliphatic rings. The third-order valence-corrected chi connectivity index (χ3v) is 4.07. The highest BCUT2D eigenvalue weighted by molar-refractivity contribution is 4.95. The SMILES string of the molecule is CC(C)(C)[C@@H]1CCN(C(C)(C)C)[C@H](C(F)(F)F)C1. The molecule has 1 heterocycles. The van der Waals surface area contributed by atoms with Crippen LogP contribution in [0.1, 0.15) is 54.4 Å². The first-order valence-corrected chi connectivity index (χ1v) is 6.67. The van der Waals surface area contributed by atoms with Gasteiger partial charge >= 0.3 is 6.18 Å². The van der Waals surface area contributed by atoms with Gasteiger partial charge in [0.25, 0.3) is 0 Å². The smallest absolute Gasteiger partial charge is 0.287 e. The second-order valence-corrected chi connectivity index (χ2v) is 7.51. The number of nitrogens with zero attached hydrogens (tertiary/aromatic N) is 1. The summed E-state index contributed by atoms with van der Waals surface area (Å²) in [4.78, 5) is 1.62. The molecule has 0 bridgehead atoms. The molecule has 0 N–H and O–H groups in total. The molecular formula is C14H26F3N. The predicted octanol–water partition coefficient (Wildman–Crippen LogP) is 4.47. The summed E-state index contributed by atoms with van der Waals surface area (Å²) < 4.78 is 39.7. The molecule has 108 valence electrons. The molecule has 0 unspecified atom stereocenters. The standard InChI is InChI=1S/C14H26F3N/c1-12(2,3)10-7-8-18(13(4,5)6)11(9-10)14(15,16)17/h10-11H,7-9H2,1-6H3/t10-,11+/m1/s1. The van der Waals surface area contributed by atoms with Crippen molar-refractivity contribution in [1.29, 1.82) is 0 Å². The Hall–Kier alpha value is -0.250. The van der Waals surface area contributed by atoms with Crippen LogP contribution in [0.4, 0.5) is 13.2 Å². The number of rotatable bonds is 0. The van der Waals surface area contributed by atoms with Gasteiger partial charge in [-0.15, -0.1) is 0 Å². The lowest BCUT2D eigenvalue weighted by Gasteiger charge is -2.49. The van der Waals surface area contributed by atoms with E-state index in [1.807, 2.05) is 41.5 Å². The average molecular weight is 265 g/mol. The lowest BCUT2D eigenvalue weighted by molar-refractivity contribution is -0.212. The minimum absolute atomic E-state index is 0.0481. The van der Waals surface area contributed by atoms with Gasteiger partial charge in [-0.25, -0.2) is 0 Å². The second kappa shape index (κ2) is 4.69. The van der Waals surface area contributed by atoms with Crippen LogP contribution in [0.15, 0.2) is 0 Å². The van der Waals surface area contributed by atoms with E-state index in [0.717, 1.165) is 6.42 Å². The van der Waals surface area contributed by atoms with Crippen molar-refractivity contribution < 1.29 is 13.2 Å². The highest BCUT2D eigenvalue weighted by Gasteiger charge is 2.50. The lowest BCUT2D eigenvalue weighted by Crippen LogP contribution is -2.58. The first-order valence-electron chi connectivity index (χ1n) is 6.67. The molecule has 0 spiro atoms. The minimum atomic E-state index is -4.13. The van der Waals surface area contributed by atoms with Gasteiger partial charge in [0.05, 0.1) is 0 Å². The van der Waals surface area contributed by atoms with Gasteiger partial charge in [-0.2, -0.15) is 13.2 Å². The van der Waals surface area contributed by atoms with Crippen molar-refractivity contribution in [1.82, 2.24) is 4.90 Å². The van der Waals surface area contributed by atoms with E-state index in [-0.39, 0.29) is 17.8 Å². The van der Waals surface area contributed by atoms with E-state index in [2.05, 4.69) is 0 Å². The van der Waals surface area contributed by atoms with Crippen molar-refractivity contribution in [3.63, 3.8) is 0 Å². The third-order valence-electron chi connectivity index (χ3n) is 4.07. The van der Waals surface area contributed by atoms with Crippen molar-refractivity contribution >= 4 is 0 Å². The zero-order valence-electron chi connectivity index (χ0n) is 12.4. The number of likely N-dealkylation sites (tertiary alicyclic amines) is 1. The van der Waals surface area contributed by atoms with Crippen molar-refractivity contribution in [3.05, 3.63) is 0 Å². The van der Waals surface area contributed by atoms with Gasteiger partial charge in [0.2, 0.25) is 0 Å². The summed E-state index contributed by atoms with van der Waals surface area (Å²) in [6, 6.07) is -1.30. The maximum Gasteiger partial charge on any atom is 0.404 e. The molecule has 0 saturated carbocycles. The quantitative estimate of drug-likeness (QED) is 0.624. The molecule has 0 aromatic heterocycles. The van der Waals surface area contributed by atoms with Crippen molar-refractivity contribution in [2.24, 2.45) is 11.3 Å². The molecule has 4 heteroatoms. The Labute approximate surface area is 109 Å². The summed E-state index contributed by atoms with van der Waals surface area (Å²) in [5.41, 5.74) is -0.476. The Morgan fingerprint density at radius 1 is 0.944 bits per heavy atom. The van der Waals surface area contributed by atoms with E-state index >= 15 is 0 Å². The molecule has 0 aromatic rings. The van der Waals surface area contributed by atoms with Gasteiger partial charge in [-0.05, 0) is 51.5 Å². The molecule has 18 heavy (non-hydrogen) atoms. The Morgan fingerprint density at radius 3 is 1.78 bits per heavy atom. The number of halogens is 3. The van der Waals surface area contributed by atoms with Crippen LogP contribution in [0, 0.1) is 11.3 Å². The van der Waals surface area contributed by atoms with E-state index in [0.29, 0.717) is 6.54 Å². The van der Waals surface area contributed by atoms with Gasteiger partial charge in [-0.3, -0.25) is 4.90 Å². The maximum absolute atomic E-state index is 13.2. The number of hydrogen-bond acceptors (Lipinski definition) is 1. The van der Waals surface area contributed by atoms with E-state index < -0.39 is 17.8 Å². The van der Waals surface area contributed by atoms with Crippen LogP contribution >= 0.6 is 0 Å². The third kappa shape index (κ3) is 3.62. The second-order valence-electron chi connectivity index (χ2n) is 7.51. The molecule has 1 saturated heterocycles. The highest BCUT2D eigenvalue weighted by atomic mass is 19.4. The Morgan fingerprint density at radius 2 is 1.44 bits per heavy atom. The monoisotopic (exact) mass is 265 g/mol. The van der Waals surface area contributed by atoms with Crippen molar-refractivity contribution in [3.8, 4) is 0 Å². The fourth-order valence-electron chi connectivity index (χ4n) is 2.87. The Bertz CT molecular complexity index is 283. The number of alkyl halides is 3. The van der Waals surface area contributed by atoms with E-state index in [4.69, 9.17) is 0 Å². The van der Waals surface area contributed by atoms with E-state index in [1.165, 1.54) is 0 Å². The number of hydrogen-bond donors (Lipinski definition) is 0. The van der Waals surface area contributed by atoms with Crippen LogP contribution in [-0.2, 0) is 0 Å². The molecule has 1 fully saturated rings. The fourth-order valence-corrected chi connectivity index (χ4v) is 2.87. The van der Waals surface area contributed by atoms with E-state index in [1.54, 1.807) is 4.90 Å². The lowest BCUT2D eigenvalue weighted by atomic mass is 9.72. The molecule has 0 amide bonds.